The van der Waals surface area contributed by atoms with E-state index in [4.69, 9.17) is 10.5 Å². The van der Waals surface area contributed by atoms with Gasteiger partial charge in [0.25, 0.3) is 5.91 Å². The Bertz CT molecular complexity index is 1290. The number of para-hydroxylation sites is 2. The fourth-order valence-corrected chi connectivity index (χ4v) is 3.20. The van der Waals surface area contributed by atoms with E-state index < -0.39 is 0 Å². The van der Waals surface area contributed by atoms with Crippen LogP contribution in [0, 0.1) is 0 Å². The van der Waals surface area contributed by atoms with Gasteiger partial charge in [-0.1, -0.05) is 18.2 Å². The smallest absolute Gasteiger partial charge is 0.309 e. The van der Waals surface area contributed by atoms with E-state index in [0.717, 1.165) is 22.2 Å². The zero-order chi connectivity index (χ0) is 22.5. The molecule has 4 rings (SSSR count). The Labute approximate surface area is 184 Å². The third kappa shape index (κ3) is 4.65. The fourth-order valence-electron chi connectivity index (χ4n) is 3.20. The second-order valence-electron chi connectivity index (χ2n) is 7.07. The summed E-state index contributed by atoms with van der Waals surface area (Å²) in [5, 5.41) is 6.82. The van der Waals surface area contributed by atoms with Gasteiger partial charge < -0.3 is 21.1 Å². The maximum atomic E-state index is 12.5. The molecule has 0 aliphatic carbocycles. The lowest BCUT2D eigenvalue weighted by molar-refractivity contribution is -0.139. The number of carbonyl (C=O) groups is 2. The van der Waals surface area contributed by atoms with Crippen LogP contribution in [0.25, 0.3) is 10.9 Å². The number of nitrogens with two attached hydrogens (primary N) is 1. The first kappa shape index (κ1) is 20.8. The van der Waals surface area contributed by atoms with Crippen LogP contribution < -0.4 is 16.4 Å². The third-order valence-corrected chi connectivity index (χ3v) is 4.89. The molecule has 0 atom stereocenters. The van der Waals surface area contributed by atoms with Gasteiger partial charge in [0, 0.05) is 16.6 Å². The van der Waals surface area contributed by atoms with Crippen LogP contribution in [-0.2, 0) is 16.0 Å². The minimum atomic E-state index is -0.318. The van der Waals surface area contributed by atoms with E-state index in [-0.39, 0.29) is 18.3 Å². The molecule has 0 unspecified atom stereocenters. The highest BCUT2D eigenvalue weighted by molar-refractivity contribution is 6.06. The summed E-state index contributed by atoms with van der Waals surface area (Å²) in [6.45, 7) is 0. The van der Waals surface area contributed by atoms with Crippen LogP contribution in [-0.4, -0.2) is 29.0 Å². The number of ether oxygens (including phenoxy) is 1. The number of anilines is 4. The molecule has 160 valence electrons. The standard InChI is InChI=1S/C24H21N5O3/c1-32-22(30)13-15-6-11-20-18(12-15)23(27-14-26-20)28-17-9-7-16(8-10-17)24(31)29-21-5-3-2-4-19(21)25/h2-12,14H,13,25H2,1H3,(H,29,31)(H,26,27,28). The summed E-state index contributed by atoms with van der Waals surface area (Å²) in [5.74, 6) is 0.0206. The van der Waals surface area contributed by atoms with Crippen molar-refractivity contribution in [2.24, 2.45) is 0 Å². The Hall–Kier alpha value is -4.46. The Morgan fingerprint density at radius 3 is 2.53 bits per heavy atom. The number of fused-ring (bicyclic) bond motifs is 1. The predicted molar refractivity (Wildman–Crippen MR) is 124 cm³/mol. The molecule has 0 fully saturated rings. The van der Waals surface area contributed by atoms with Gasteiger partial charge in [-0.25, -0.2) is 9.97 Å². The summed E-state index contributed by atoms with van der Waals surface area (Å²) >= 11 is 0. The molecule has 0 aliphatic heterocycles. The second kappa shape index (κ2) is 9.13. The predicted octanol–water partition coefficient (Wildman–Crippen LogP) is 3.92. The third-order valence-electron chi connectivity index (χ3n) is 4.89. The van der Waals surface area contributed by atoms with Crippen molar-refractivity contribution in [3.8, 4) is 0 Å². The van der Waals surface area contributed by atoms with Gasteiger partial charge in [-0.3, -0.25) is 9.59 Å². The van der Waals surface area contributed by atoms with Gasteiger partial charge in [-0.05, 0) is 54.1 Å². The number of nitrogen functional groups attached to an aromatic ring is 1. The second-order valence-corrected chi connectivity index (χ2v) is 7.07. The molecular formula is C24H21N5O3. The Kier molecular flexibility index (Phi) is 5.94. The van der Waals surface area contributed by atoms with Crippen LogP contribution in [0.5, 0.6) is 0 Å². The largest absolute Gasteiger partial charge is 0.469 e. The molecule has 0 saturated carbocycles. The van der Waals surface area contributed by atoms with Gasteiger partial charge in [0.2, 0.25) is 0 Å². The highest BCUT2D eigenvalue weighted by Crippen LogP contribution is 2.25. The van der Waals surface area contributed by atoms with Gasteiger partial charge in [-0.15, -0.1) is 0 Å². The fraction of sp³-hybridized carbons (Fsp3) is 0.0833. The number of carbonyl (C=O) groups excluding carboxylic acids is 2. The summed E-state index contributed by atoms with van der Waals surface area (Å²) in [6.07, 6.45) is 1.63. The maximum Gasteiger partial charge on any atom is 0.309 e. The summed E-state index contributed by atoms with van der Waals surface area (Å²) in [6, 6.07) is 19.6. The zero-order valence-corrected chi connectivity index (χ0v) is 17.3. The normalized spacial score (nSPS) is 10.5. The molecule has 32 heavy (non-hydrogen) atoms. The minimum Gasteiger partial charge on any atom is -0.469 e. The molecule has 0 bridgehead atoms. The van der Waals surface area contributed by atoms with Gasteiger partial charge in [0.05, 0.1) is 30.4 Å². The highest BCUT2D eigenvalue weighted by atomic mass is 16.5. The van der Waals surface area contributed by atoms with Crippen molar-refractivity contribution in [1.82, 2.24) is 9.97 Å². The number of aromatic nitrogens is 2. The van der Waals surface area contributed by atoms with Gasteiger partial charge in [-0.2, -0.15) is 0 Å². The summed E-state index contributed by atoms with van der Waals surface area (Å²) in [5.41, 5.74) is 9.74. The molecule has 8 heteroatoms. The average molecular weight is 427 g/mol. The molecule has 1 heterocycles. The lowest BCUT2D eigenvalue weighted by Crippen LogP contribution is -2.13. The Morgan fingerprint density at radius 1 is 1.00 bits per heavy atom. The number of rotatable bonds is 6. The number of nitrogens with zero attached hydrogens (tertiary/aromatic N) is 2. The zero-order valence-electron chi connectivity index (χ0n) is 17.3. The van der Waals surface area contributed by atoms with Crippen LogP contribution in [0.2, 0.25) is 0 Å². The van der Waals surface area contributed by atoms with Crippen LogP contribution in [0.1, 0.15) is 15.9 Å². The van der Waals surface area contributed by atoms with Crippen LogP contribution in [0.3, 0.4) is 0 Å². The molecule has 0 aliphatic rings. The first-order chi connectivity index (χ1) is 15.5. The molecule has 1 amide bonds. The molecule has 4 N–H and O–H groups in total. The molecule has 1 aromatic heterocycles. The average Bonchev–Trinajstić information content (AvgIpc) is 2.81. The van der Waals surface area contributed by atoms with Crippen LogP contribution in [0.15, 0.2) is 73.1 Å². The van der Waals surface area contributed by atoms with Crippen molar-refractivity contribution >= 4 is 45.7 Å². The molecule has 8 nitrogen and oxygen atoms in total. The number of hydrogen-bond donors (Lipinski definition) is 3. The molecule has 3 aromatic carbocycles. The van der Waals surface area contributed by atoms with Crippen molar-refractivity contribution < 1.29 is 14.3 Å². The van der Waals surface area contributed by atoms with Gasteiger partial charge >= 0.3 is 5.97 Å². The van der Waals surface area contributed by atoms with Crippen LogP contribution >= 0.6 is 0 Å². The van der Waals surface area contributed by atoms with Crippen molar-refractivity contribution in [3.63, 3.8) is 0 Å². The highest BCUT2D eigenvalue weighted by Gasteiger charge is 2.10. The monoisotopic (exact) mass is 427 g/mol. The lowest BCUT2D eigenvalue weighted by atomic mass is 10.1. The molecule has 0 spiro atoms. The first-order valence-corrected chi connectivity index (χ1v) is 9.87. The van der Waals surface area contributed by atoms with Gasteiger partial charge in [0.15, 0.2) is 0 Å². The van der Waals surface area contributed by atoms with Crippen molar-refractivity contribution in [2.75, 3.05) is 23.5 Å². The van der Waals surface area contributed by atoms with E-state index in [1.165, 1.54) is 13.4 Å². The number of benzene rings is 3. The van der Waals surface area contributed by atoms with Crippen molar-refractivity contribution in [1.29, 1.82) is 0 Å². The van der Waals surface area contributed by atoms with E-state index in [0.29, 0.717) is 22.8 Å². The van der Waals surface area contributed by atoms with E-state index in [9.17, 15) is 9.59 Å². The SMILES string of the molecule is COC(=O)Cc1ccc2ncnc(Nc3ccc(C(=O)Nc4ccccc4N)cc3)c2c1. The van der Waals surface area contributed by atoms with Crippen LogP contribution in [0.4, 0.5) is 22.9 Å². The minimum absolute atomic E-state index is 0.163. The number of methoxy groups -OCH3 is 1. The van der Waals surface area contributed by atoms with E-state index in [1.807, 2.05) is 24.3 Å². The van der Waals surface area contributed by atoms with Crippen molar-refractivity contribution in [3.05, 3.63) is 84.2 Å². The number of esters is 1. The first-order valence-electron chi connectivity index (χ1n) is 9.87. The van der Waals surface area contributed by atoms with E-state index in [2.05, 4.69) is 20.6 Å². The number of amides is 1. The lowest BCUT2D eigenvalue weighted by Gasteiger charge is -2.11. The van der Waals surface area contributed by atoms with E-state index >= 15 is 0 Å². The molecule has 0 saturated heterocycles. The van der Waals surface area contributed by atoms with E-state index in [1.54, 1.807) is 42.5 Å². The maximum absolute atomic E-state index is 12.5. The Balaban J connectivity index is 1.53. The summed E-state index contributed by atoms with van der Waals surface area (Å²) in [7, 11) is 1.36. The van der Waals surface area contributed by atoms with Gasteiger partial charge in [0.1, 0.15) is 12.1 Å². The molecule has 4 aromatic rings. The molecular weight excluding hydrogens is 406 g/mol. The topological polar surface area (TPSA) is 119 Å². The van der Waals surface area contributed by atoms with Crippen molar-refractivity contribution in [2.45, 2.75) is 6.42 Å². The quantitative estimate of drug-likeness (QED) is 0.315. The number of hydrogen-bond acceptors (Lipinski definition) is 7. The summed E-state index contributed by atoms with van der Waals surface area (Å²) < 4.78 is 4.74. The summed E-state index contributed by atoms with van der Waals surface area (Å²) in [4.78, 5) is 32.7. The Morgan fingerprint density at radius 2 is 1.78 bits per heavy atom. The molecule has 0 radical (unpaired) electrons. The number of nitrogens with one attached hydrogen (secondary N) is 2.